The van der Waals surface area contributed by atoms with Crippen molar-refractivity contribution in [1.82, 2.24) is 9.80 Å². The van der Waals surface area contributed by atoms with E-state index in [9.17, 15) is 14.4 Å². The lowest BCUT2D eigenvalue weighted by atomic mass is 10.2. The largest absolute Gasteiger partial charge is 0.368 e. The molecule has 2 fully saturated rings. The van der Waals surface area contributed by atoms with Crippen molar-refractivity contribution in [3.05, 3.63) is 29.3 Å². The van der Waals surface area contributed by atoms with Crippen LogP contribution in [0.25, 0.3) is 0 Å². The summed E-state index contributed by atoms with van der Waals surface area (Å²) in [6.45, 7) is 3.25. The second kappa shape index (κ2) is 7.32. The summed E-state index contributed by atoms with van der Waals surface area (Å²) < 4.78 is 0. The normalized spacial score (nSPS) is 19.2. The average Bonchev–Trinajstić information content (AvgIpc) is 2.88. The minimum atomic E-state index is -0.239. The summed E-state index contributed by atoms with van der Waals surface area (Å²) in [5.41, 5.74) is 1.01. The zero-order valence-electron chi connectivity index (χ0n) is 13.4. The number of hydrogen-bond donors (Lipinski definition) is 0. The van der Waals surface area contributed by atoms with Gasteiger partial charge < -0.3 is 4.90 Å². The molecule has 0 aromatic heterocycles. The zero-order chi connectivity index (χ0) is 17.1. The maximum absolute atomic E-state index is 12.1. The zero-order valence-corrected chi connectivity index (χ0v) is 14.2. The average molecular weight is 350 g/mol. The van der Waals surface area contributed by atoms with Crippen molar-refractivity contribution in [2.24, 2.45) is 0 Å². The van der Waals surface area contributed by atoms with E-state index in [2.05, 4.69) is 9.80 Å². The SMILES string of the molecule is O=C(CN1CCN(c2ccccc2Cl)CC1)CN1C(=O)CCC1=O. The molecular formula is C17H20ClN3O3. The van der Waals surface area contributed by atoms with E-state index in [1.54, 1.807) is 0 Å². The molecule has 2 saturated heterocycles. The molecule has 0 spiro atoms. The van der Waals surface area contributed by atoms with Crippen LogP contribution in [0, 0.1) is 0 Å². The van der Waals surface area contributed by atoms with E-state index in [4.69, 9.17) is 11.6 Å². The number of nitrogens with zero attached hydrogens (tertiary/aromatic N) is 3. The summed E-state index contributed by atoms with van der Waals surface area (Å²) in [6.07, 6.45) is 0.450. The Hall–Kier alpha value is -1.92. The van der Waals surface area contributed by atoms with E-state index >= 15 is 0 Å². The molecule has 0 N–H and O–H groups in total. The lowest BCUT2D eigenvalue weighted by Gasteiger charge is -2.36. The second-order valence-electron chi connectivity index (χ2n) is 6.13. The van der Waals surface area contributed by atoms with Gasteiger partial charge in [-0.05, 0) is 12.1 Å². The molecule has 0 atom stereocenters. The molecule has 0 unspecified atom stereocenters. The van der Waals surface area contributed by atoms with Gasteiger partial charge in [0.2, 0.25) is 11.8 Å². The first-order valence-corrected chi connectivity index (χ1v) is 8.49. The predicted molar refractivity (Wildman–Crippen MR) is 91.1 cm³/mol. The lowest BCUT2D eigenvalue weighted by molar-refractivity contribution is -0.142. The first-order chi connectivity index (χ1) is 11.5. The summed E-state index contributed by atoms with van der Waals surface area (Å²) in [4.78, 5) is 40.6. The number of rotatable bonds is 5. The number of Topliss-reactive ketones (excluding diaryl/α,β-unsaturated/α-hetero) is 1. The number of carbonyl (C=O) groups is 3. The Kier molecular flexibility index (Phi) is 5.16. The Morgan fingerprint density at radius 1 is 0.958 bits per heavy atom. The number of imide groups is 1. The Morgan fingerprint density at radius 3 is 2.21 bits per heavy atom. The van der Waals surface area contributed by atoms with Gasteiger partial charge in [0.15, 0.2) is 5.78 Å². The van der Waals surface area contributed by atoms with Crippen LogP contribution in [0.3, 0.4) is 0 Å². The highest BCUT2D eigenvalue weighted by molar-refractivity contribution is 6.33. The quantitative estimate of drug-likeness (QED) is 0.747. The summed E-state index contributed by atoms with van der Waals surface area (Å²) >= 11 is 6.22. The Bertz CT molecular complexity index is 640. The molecule has 0 aliphatic carbocycles. The van der Waals surface area contributed by atoms with Gasteiger partial charge in [-0.25, -0.2) is 0 Å². The summed E-state index contributed by atoms with van der Waals surface area (Å²) in [5.74, 6) is -0.571. The fourth-order valence-electron chi connectivity index (χ4n) is 3.13. The lowest BCUT2D eigenvalue weighted by Crippen LogP contribution is -2.49. The van der Waals surface area contributed by atoms with Crippen LogP contribution in [-0.2, 0) is 14.4 Å². The molecule has 2 aliphatic heterocycles. The fourth-order valence-corrected chi connectivity index (χ4v) is 3.39. The number of halogens is 1. The number of anilines is 1. The topological polar surface area (TPSA) is 60.9 Å². The van der Waals surface area contributed by atoms with Crippen molar-refractivity contribution in [2.75, 3.05) is 44.2 Å². The van der Waals surface area contributed by atoms with Crippen LogP contribution in [0.1, 0.15) is 12.8 Å². The van der Waals surface area contributed by atoms with Gasteiger partial charge in [-0.15, -0.1) is 0 Å². The second-order valence-corrected chi connectivity index (χ2v) is 6.53. The molecule has 3 rings (SSSR count). The smallest absolute Gasteiger partial charge is 0.230 e. The molecule has 1 aromatic rings. The molecule has 128 valence electrons. The monoisotopic (exact) mass is 349 g/mol. The van der Waals surface area contributed by atoms with Crippen molar-refractivity contribution in [2.45, 2.75) is 12.8 Å². The standard InChI is InChI=1S/C17H20ClN3O3/c18-14-3-1-2-4-15(14)20-9-7-19(8-10-20)11-13(22)12-21-16(23)5-6-17(21)24/h1-4H,5-12H2. The molecule has 0 radical (unpaired) electrons. The van der Waals surface area contributed by atoms with E-state index in [0.717, 1.165) is 41.8 Å². The van der Waals surface area contributed by atoms with Crippen LogP contribution >= 0.6 is 11.6 Å². The summed E-state index contributed by atoms with van der Waals surface area (Å²) in [5, 5.41) is 0.730. The van der Waals surface area contributed by atoms with E-state index in [-0.39, 0.29) is 43.5 Å². The molecule has 1 aromatic carbocycles. The van der Waals surface area contributed by atoms with Crippen LogP contribution in [0.2, 0.25) is 5.02 Å². The molecule has 0 bridgehead atoms. The van der Waals surface area contributed by atoms with Crippen LogP contribution in [-0.4, -0.2) is 66.7 Å². The highest BCUT2D eigenvalue weighted by Gasteiger charge is 2.31. The van der Waals surface area contributed by atoms with Crippen molar-refractivity contribution in [3.8, 4) is 0 Å². The molecule has 2 aliphatic rings. The molecule has 2 heterocycles. The van der Waals surface area contributed by atoms with Gasteiger partial charge in [0, 0.05) is 39.0 Å². The van der Waals surface area contributed by atoms with Crippen molar-refractivity contribution in [3.63, 3.8) is 0 Å². The number of para-hydroxylation sites is 1. The first kappa shape index (κ1) is 16.9. The van der Waals surface area contributed by atoms with Crippen LogP contribution < -0.4 is 4.90 Å². The number of ketones is 1. The fraction of sp³-hybridized carbons (Fsp3) is 0.471. The number of benzene rings is 1. The van der Waals surface area contributed by atoms with Gasteiger partial charge in [-0.3, -0.25) is 24.2 Å². The van der Waals surface area contributed by atoms with Crippen molar-refractivity contribution in [1.29, 1.82) is 0 Å². The van der Waals surface area contributed by atoms with Crippen molar-refractivity contribution < 1.29 is 14.4 Å². The van der Waals surface area contributed by atoms with Gasteiger partial charge in [0.05, 0.1) is 23.8 Å². The third kappa shape index (κ3) is 3.76. The van der Waals surface area contributed by atoms with E-state index in [1.807, 2.05) is 24.3 Å². The van der Waals surface area contributed by atoms with Crippen LogP contribution in [0.15, 0.2) is 24.3 Å². The molecule has 0 saturated carbocycles. The number of likely N-dealkylation sites (tertiary alicyclic amines) is 1. The van der Waals surface area contributed by atoms with Crippen LogP contribution in [0.4, 0.5) is 5.69 Å². The highest BCUT2D eigenvalue weighted by atomic mass is 35.5. The molecule has 7 heteroatoms. The van der Waals surface area contributed by atoms with Gasteiger partial charge in [0.1, 0.15) is 0 Å². The number of piperazine rings is 1. The van der Waals surface area contributed by atoms with E-state index in [0.29, 0.717) is 0 Å². The van der Waals surface area contributed by atoms with Gasteiger partial charge in [-0.1, -0.05) is 23.7 Å². The number of carbonyl (C=O) groups excluding carboxylic acids is 3. The van der Waals surface area contributed by atoms with Crippen molar-refractivity contribution >= 4 is 34.9 Å². The van der Waals surface area contributed by atoms with Gasteiger partial charge >= 0.3 is 0 Å². The Labute approximate surface area is 146 Å². The van der Waals surface area contributed by atoms with E-state index < -0.39 is 0 Å². The maximum Gasteiger partial charge on any atom is 0.230 e. The highest BCUT2D eigenvalue weighted by Crippen LogP contribution is 2.25. The summed E-state index contributed by atoms with van der Waals surface area (Å²) in [7, 11) is 0. The third-order valence-corrected chi connectivity index (χ3v) is 4.77. The minimum absolute atomic E-state index is 0.0928. The van der Waals surface area contributed by atoms with Gasteiger partial charge in [0.25, 0.3) is 0 Å². The molecule has 6 nitrogen and oxygen atoms in total. The molecule has 2 amide bonds. The molecule has 24 heavy (non-hydrogen) atoms. The first-order valence-electron chi connectivity index (χ1n) is 8.11. The predicted octanol–water partition coefficient (Wildman–Crippen LogP) is 1.18. The number of amides is 2. The Balaban J connectivity index is 1.49. The third-order valence-electron chi connectivity index (χ3n) is 4.45. The van der Waals surface area contributed by atoms with Gasteiger partial charge in [-0.2, -0.15) is 0 Å². The maximum atomic E-state index is 12.1. The molecular weight excluding hydrogens is 330 g/mol. The van der Waals surface area contributed by atoms with E-state index in [1.165, 1.54) is 0 Å². The van der Waals surface area contributed by atoms with Crippen LogP contribution in [0.5, 0.6) is 0 Å². The Morgan fingerprint density at radius 2 is 1.58 bits per heavy atom. The minimum Gasteiger partial charge on any atom is -0.368 e. The summed E-state index contributed by atoms with van der Waals surface area (Å²) in [6, 6.07) is 7.73. The number of hydrogen-bond acceptors (Lipinski definition) is 5.